The third-order valence-corrected chi connectivity index (χ3v) is 11.9. The van der Waals surface area contributed by atoms with Gasteiger partial charge in [0.2, 0.25) is 0 Å². The molecule has 264 valence electrons. The molecule has 0 atom stereocenters. The van der Waals surface area contributed by atoms with Gasteiger partial charge in [-0.25, -0.2) is 9.97 Å². The van der Waals surface area contributed by atoms with Gasteiger partial charge in [-0.2, -0.15) is 0 Å². The summed E-state index contributed by atoms with van der Waals surface area (Å²) in [6.07, 6.45) is 0. The summed E-state index contributed by atoms with van der Waals surface area (Å²) in [5, 5.41) is 8.51. The molecule has 0 saturated carbocycles. The van der Waals surface area contributed by atoms with Gasteiger partial charge in [0.25, 0.3) is 0 Å². The highest BCUT2D eigenvalue weighted by molar-refractivity contribution is 6.34. The Labute approximate surface area is 325 Å². The van der Waals surface area contributed by atoms with E-state index in [9.17, 15) is 0 Å². The van der Waals surface area contributed by atoms with Crippen LogP contribution in [0, 0.1) is 0 Å². The van der Waals surface area contributed by atoms with Crippen LogP contribution < -0.4 is 0 Å². The van der Waals surface area contributed by atoms with Crippen molar-refractivity contribution in [1.82, 2.24) is 18.9 Å². The fourth-order valence-electron chi connectivity index (χ4n) is 9.36. The van der Waals surface area contributed by atoms with Crippen LogP contribution in [0.1, 0.15) is 0 Å². The average Bonchev–Trinajstić information content (AvgIpc) is 4.02. The topological polar surface area (TPSA) is 48.3 Å². The van der Waals surface area contributed by atoms with E-state index in [0.717, 1.165) is 39.0 Å². The molecule has 5 heterocycles. The second kappa shape index (κ2) is 11.4. The Balaban J connectivity index is 1.06. The molecule has 0 aliphatic rings. The van der Waals surface area contributed by atoms with Crippen molar-refractivity contribution in [2.45, 2.75) is 0 Å². The molecule has 0 spiro atoms. The third-order valence-electron chi connectivity index (χ3n) is 11.9. The number of fused-ring (bicyclic) bond motifs is 13. The molecular weight excluding hydrogens is 697 g/mol. The molecule has 0 aliphatic carbocycles. The molecule has 0 bridgehead atoms. The molecule has 5 nitrogen and oxygen atoms in total. The smallest absolute Gasteiger partial charge is 0.180 e. The van der Waals surface area contributed by atoms with Crippen molar-refractivity contribution >= 4 is 82.0 Å². The van der Waals surface area contributed by atoms with Gasteiger partial charge in [0.05, 0.1) is 27.6 Å². The van der Waals surface area contributed by atoms with Gasteiger partial charge in [0.1, 0.15) is 16.8 Å². The monoisotopic (exact) mass is 726 g/mol. The van der Waals surface area contributed by atoms with Crippen molar-refractivity contribution in [1.29, 1.82) is 0 Å². The van der Waals surface area contributed by atoms with Crippen molar-refractivity contribution in [3.63, 3.8) is 0 Å². The standard InChI is InChI=1S/C52H30N4O/c1-3-13-31(14-4-1)34-25-28-44-39(29-34)41-30-40-36-17-7-10-20-42(36)55(49(40)46-37-18-8-11-21-43(37)56(44)50(41)46)35-26-23-33(24-27-35)52-53-47(32-15-5-2-6-16-32)51-48(54-52)38-19-9-12-22-45(38)57-51/h1-30H. The zero-order valence-electron chi connectivity index (χ0n) is 30.5. The second-order valence-electron chi connectivity index (χ2n) is 14.9. The van der Waals surface area contributed by atoms with Gasteiger partial charge in [-0.3, -0.25) is 0 Å². The van der Waals surface area contributed by atoms with E-state index in [0.29, 0.717) is 11.4 Å². The fraction of sp³-hybridized carbons (Fsp3) is 0. The quantitative estimate of drug-likeness (QED) is 0.181. The highest BCUT2D eigenvalue weighted by Gasteiger charge is 2.25. The molecular formula is C52H30N4O. The van der Waals surface area contributed by atoms with E-state index in [-0.39, 0.29) is 0 Å². The third kappa shape index (κ3) is 4.23. The van der Waals surface area contributed by atoms with E-state index in [4.69, 9.17) is 14.4 Å². The Morgan fingerprint density at radius 3 is 1.84 bits per heavy atom. The van der Waals surface area contributed by atoms with Crippen LogP contribution in [-0.2, 0) is 0 Å². The van der Waals surface area contributed by atoms with Crippen LogP contribution in [0.2, 0.25) is 0 Å². The summed E-state index contributed by atoms with van der Waals surface area (Å²) in [6.45, 7) is 0. The lowest BCUT2D eigenvalue weighted by Crippen LogP contribution is -1.96. The Morgan fingerprint density at radius 2 is 1.04 bits per heavy atom. The van der Waals surface area contributed by atoms with Gasteiger partial charge < -0.3 is 13.4 Å². The second-order valence-corrected chi connectivity index (χ2v) is 14.9. The number of furan rings is 1. The Kier molecular flexibility index (Phi) is 6.10. The fourth-order valence-corrected chi connectivity index (χ4v) is 9.36. The maximum Gasteiger partial charge on any atom is 0.180 e. The van der Waals surface area contributed by atoms with Crippen LogP contribution in [0.4, 0.5) is 0 Å². The molecule has 13 rings (SSSR count). The van der Waals surface area contributed by atoms with Crippen molar-refractivity contribution < 1.29 is 4.42 Å². The molecule has 0 saturated heterocycles. The predicted molar refractivity (Wildman–Crippen MR) is 235 cm³/mol. The van der Waals surface area contributed by atoms with Crippen LogP contribution in [0.25, 0.3) is 121 Å². The Morgan fingerprint density at radius 1 is 0.404 bits per heavy atom. The van der Waals surface area contributed by atoms with Crippen LogP contribution in [0.15, 0.2) is 186 Å². The largest absolute Gasteiger partial charge is 0.452 e. The lowest BCUT2D eigenvalue weighted by atomic mass is 10.00. The first-order valence-electron chi connectivity index (χ1n) is 19.3. The highest BCUT2D eigenvalue weighted by Crippen LogP contribution is 2.47. The van der Waals surface area contributed by atoms with Gasteiger partial charge >= 0.3 is 0 Å². The maximum atomic E-state index is 6.38. The molecule has 0 unspecified atom stereocenters. The summed E-state index contributed by atoms with van der Waals surface area (Å²) in [6, 6.07) is 64.8. The molecule has 13 aromatic rings. The Bertz CT molecular complexity index is 3730. The predicted octanol–water partition coefficient (Wildman–Crippen LogP) is 13.6. The number of hydrogen-bond donors (Lipinski definition) is 0. The maximum absolute atomic E-state index is 6.38. The minimum atomic E-state index is 0.662. The van der Waals surface area contributed by atoms with E-state index < -0.39 is 0 Å². The molecule has 0 amide bonds. The molecule has 5 heteroatoms. The summed E-state index contributed by atoms with van der Waals surface area (Å²) in [5.41, 5.74) is 14.6. The summed E-state index contributed by atoms with van der Waals surface area (Å²) in [5.74, 6) is 0.662. The van der Waals surface area contributed by atoms with Crippen LogP contribution in [0.5, 0.6) is 0 Å². The van der Waals surface area contributed by atoms with Gasteiger partial charge in [0.15, 0.2) is 11.4 Å². The van der Waals surface area contributed by atoms with E-state index in [1.54, 1.807) is 0 Å². The van der Waals surface area contributed by atoms with Crippen molar-refractivity contribution in [3.8, 4) is 39.5 Å². The summed E-state index contributed by atoms with van der Waals surface area (Å²) >= 11 is 0. The van der Waals surface area contributed by atoms with Crippen LogP contribution >= 0.6 is 0 Å². The van der Waals surface area contributed by atoms with E-state index in [2.05, 4.69) is 155 Å². The number of para-hydroxylation sites is 3. The van der Waals surface area contributed by atoms with Gasteiger partial charge in [-0.15, -0.1) is 0 Å². The zero-order valence-corrected chi connectivity index (χ0v) is 30.5. The highest BCUT2D eigenvalue weighted by atomic mass is 16.3. The van der Waals surface area contributed by atoms with E-state index >= 15 is 0 Å². The molecule has 8 aromatic carbocycles. The number of nitrogens with zero attached hydrogens (tertiary/aromatic N) is 4. The number of hydrogen-bond acceptors (Lipinski definition) is 3. The average molecular weight is 727 g/mol. The minimum Gasteiger partial charge on any atom is -0.452 e. The first-order chi connectivity index (χ1) is 28.3. The molecule has 5 aromatic heterocycles. The lowest BCUT2D eigenvalue weighted by molar-refractivity contribution is 0.667. The number of rotatable bonds is 4. The SMILES string of the molecule is c1ccc(-c2ccc3c(c2)c2cc4c5ccccc5n(-c5ccc(-c6nc(-c7ccccc7)c7oc8ccccc8c7n6)cc5)c4c4c5ccccc5n3c24)cc1. The first kappa shape index (κ1) is 30.6. The molecule has 0 N–H and O–H groups in total. The lowest BCUT2D eigenvalue weighted by Gasteiger charge is -2.11. The number of aromatic nitrogens is 4. The van der Waals surface area contributed by atoms with Gasteiger partial charge in [0, 0.05) is 54.5 Å². The van der Waals surface area contributed by atoms with Gasteiger partial charge in [-0.05, 0) is 77.9 Å². The normalized spacial score (nSPS) is 12.2. The van der Waals surface area contributed by atoms with E-state index in [1.165, 1.54) is 71.0 Å². The molecule has 57 heavy (non-hydrogen) atoms. The van der Waals surface area contributed by atoms with Crippen molar-refractivity contribution in [3.05, 3.63) is 182 Å². The molecule has 0 aliphatic heterocycles. The zero-order chi connectivity index (χ0) is 37.2. The first-order valence-corrected chi connectivity index (χ1v) is 19.3. The number of benzene rings is 8. The summed E-state index contributed by atoms with van der Waals surface area (Å²) in [4.78, 5) is 10.3. The summed E-state index contributed by atoms with van der Waals surface area (Å²) < 4.78 is 11.3. The summed E-state index contributed by atoms with van der Waals surface area (Å²) in [7, 11) is 0. The molecule has 0 radical (unpaired) electrons. The molecule has 0 fully saturated rings. The van der Waals surface area contributed by atoms with Crippen molar-refractivity contribution in [2.75, 3.05) is 0 Å². The Hall–Kier alpha value is -7.76. The van der Waals surface area contributed by atoms with Crippen LogP contribution in [-0.4, -0.2) is 18.9 Å². The van der Waals surface area contributed by atoms with Crippen LogP contribution in [0.3, 0.4) is 0 Å². The van der Waals surface area contributed by atoms with Gasteiger partial charge in [-0.1, -0.05) is 115 Å². The minimum absolute atomic E-state index is 0.662. The van der Waals surface area contributed by atoms with E-state index in [1.807, 2.05) is 36.4 Å². The van der Waals surface area contributed by atoms with Crippen molar-refractivity contribution in [2.24, 2.45) is 0 Å².